The van der Waals surface area contributed by atoms with Gasteiger partial charge >= 0.3 is 0 Å². The van der Waals surface area contributed by atoms with Crippen LogP contribution >= 0.6 is 0 Å². The minimum Gasteiger partial charge on any atom is -0.455 e. The summed E-state index contributed by atoms with van der Waals surface area (Å²) in [4.78, 5) is 33.7. The first-order valence-electron chi connectivity index (χ1n) is 14.4. The molecular weight excluding hydrogens is 588 g/mol. The molecule has 0 saturated carbocycles. The molecule has 0 radical (unpaired) electrons. The Labute approximate surface area is 253 Å². The third-order valence-corrected chi connectivity index (χ3v) is 9.37. The van der Waals surface area contributed by atoms with Crippen molar-refractivity contribution in [2.24, 2.45) is 5.92 Å². The molecule has 0 spiro atoms. The summed E-state index contributed by atoms with van der Waals surface area (Å²) < 4.78 is 39.7. The van der Waals surface area contributed by atoms with Crippen LogP contribution in [0.5, 0.6) is 11.5 Å². The molecule has 4 aromatic rings. The molecule has 2 saturated heterocycles. The average Bonchev–Trinajstić information content (AvgIpc) is 3.70. The largest absolute Gasteiger partial charge is 0.455 e. The Morgan fingerprint density at radius 3 is 2.77 bits per heavy atom. The number of nitro groups is 1. The van der Waals surface area contributed by atoms with Gasteiger partial charge in [-0.3, -0.25) is 19.8 Å². The molecule has 230 valence electrons. The number of carbonyl (C=O) groups excluding carboxylic acids is 1. The van der Waals surface area contributed by atoms with E-state index in [0.717, 1.165) is 57.0 Å². The number of sulfonamides is 1. The molecule has 44 heavy (non-hydrogen) atoms. The van der Waals surface area contributed by atoms with Crippen LogP contribution in [0.2, 0.25) is 0 Å². The number of likely N-dealkylation sites (tertiary alicyclic amines) is 1. The number of para-hydroxylation sites is 1. The second-order valence-corrected chi connectivity index (χ2v) is 12.6. The number of ether oxygens (including phenoxy) is 2. The van der Waals surface area contributed by atoms with Crippen molar-refractivity contribution in [3.05, 3.63) is 82.7 Å². The van der Waals surface area contributed by atoms with E-state index in [1.54, 1.807) is 24.4 Å². The van der Waals surface area contributed by atoms with Gasteiger partial charge in [-0.15, -0.1) is 0 Å². The number of H-pyrrole nitrogens is 1. The van der Waals surface area contributed by atoms with Gasteiger partial charge in [0.2, 0.25) is 0 Å². The van der Waals surface area contributed by atoms with E-state index < -0.39 is 31.4 Å². The van der Waals surface area contributed by atoms with Gasteiger partial charge in [0.1, 0.15) is 22.8 Å². The summed E-state index contributed by atoms with van der Waals surface area (Å²) in [6, 6.07) is 13.8. The number of hydrogen-bond donors (Lipinski definition) is 3. The predicted octanol–water partition coefficient (Wildman–Crippen LogP) is 4.29. The quantitative estimate of drug-likeness (QED) is 0.172. The van der Waals surface area contributed by atoms with E-state index in [-0.39, 0.29) is 17.0 Å². The molecule has 2 aromatic carbocycles. The first kappa shape index (κ1) is 29.5. The zero-order valence-corrected chi connectivity index (χ0v) is 24.6. The number of nitro benzene ring substituents is 1. The van der Waals surface area contributed by atoms with Gasteiger partial charge in [0.15, 0.2) is 0 Å². The lowest BCUT2D eigenvalue weighted by Gasteiger charge is -2.31. The summed E-state index contributed by atoms with van der Waals surface area (Å²) in [6.45, 7) is 3.94. The Hall–Kier alpha value is -4.53. The molecular formula is C30H32N6O7S. The highest BCUT2D eigenvalue weighted by atomic mass is 32.2. The molecule has 14 heteroatoms. The first-order chi connectivity index (χ1) is 21.3. The average molecular weight is 621 g/mol. The second kappa shape index (κ2) is 12.6. The Morgan fingerprint density at radius 1 is 1.14 bits per heavy atom. The molecule has 0 unspecified atom stereocenters. The normalized spacial score (nSPS) is 17.9. The van der Waals surface area contributed by atoms with Gasteiger partial charge in [-0.25, -0.2) is 18.1 Å². The zero-order valence-electron chi connectivity index (χ0n) is 23.8. The van der Waals surface area contributed by atoms with Gasteiger partial charge in [-0.2, -0.15) is 0 Å². The van der Waals surface area contributed by atoms with Crippen molar-refractivity contribution >= 4 is 38.3 Å². The van der Waals surface area contributed by atoms with E-state index in [2.05, 4.69) is 20.2 Å². The van der Waals surface area contributed by atoms with Gasteiger partial charge in [0, 0.05) is 50.0 Å². The van der Waals surface area contributed by atoms with Gasteiger partial charge in [-0.1, -0.05) is 12.1 Å². The SMILES string of the molecule is O=C(NS(=O)(=O)c1ccc(NC[C@@H]2CCN(C3CCOCC3)C2)c([N+](=O)[O-])c1)c1ccccc1Oc1cnc2[nH]ccc2c1. The summed E-state index contributed by atoms with van der Waals surface area (Å²) in [7, 11) is -4.46. The third-order valence-electron chi connectivity index (χ3n) is 8.04. The molecule has 6 rings (SSSR count). The van der Waals surface area contributed by atoms with E-state index in [1.165, 1.54) is 30.5 Å². The summed E-state index contributed by atoms with van der Waals surface area (Å²) in [5.41, 5.74) is 0.456. The standard InChI is InChI=1S/C30H32N6O7S/c37-30(25-3-1-2-4-28(25)43-23-15-21-7-11-31-29(21)33-18-23)34-44(40,41)24-5-6-26(27(16-24)36(38)39)32-17-20-8-12-35(19-20)22-9-13-42-14-10-22/h1-7,11,15-16,18,20,22,32H,8-10,12-14,17,19H2,(H,31,33)(H,34,37)/t20-/m0/s1. The second-order valence-electron chi connectivity index (χ2n) is 10.9. The number of amides is 1. The van der Waals surface area contributed by atoms with Crippen molar-refractivity contribution in [1.29, 1.82) is 0 Å². The van der Waals surface area contributed by atoms with Crippen molar-refractivity contribution in [2.45, 2.75) is 30.2 Å². The van der Waals surface area contributed by atoms with Crippen molar-refractivity contribution in [3.63, 3.8) is 0 Å². The highest BCUT2D eigenvalue weighted by Crippen LogP contribution is 2.31. The number of anilines is 1. The number of pyridine rings is 1. The zero-order chi connectivity index (χ0) is 30.7. The molecule has 0 aliphatic carbocycles. The number of nitrogens with one attached hydrogen (secondary N) is 3. The molecule has 1 amide bonds. The number of carbonyl (C=O) groups is 1. The molecule has 2 aliphatic heterocycles. The van der Waals surface area contributed by atoms with Crippen LogP contribution in [0.1, 0.15) is 29.6 Å². The fourth-order valence-corrected chi connectivity index (χ4v) is 6.71. The molecule has 1 atom stereocenters. The number of aromatic amines is 1. The van der Waals surface area contributed by atoms with Crippen LogP contribution in [0, 0.1) is 16.0 Å². The number of benzene rings is 2. The Kier molecular flexibility index (Phi) is 8.46. The Morgan fingerprint density at radius 2 is 1.95 bits per heavy atom. The molecule has 3 N–H and O–H groups in total. The van der Waals surface area contributed by atoms with Crippen LogP contribution in [0.3, 0.4) is 0 Å². The lowest BCUT2D eigenvalue weighted by molar-refractivity contribution is -0.384. The number of hydrogen-bond acceptors (Lipinski definition) is 10. The minimum absolute atomic E-state index is 0.0376. The minimum atomic E-state index is -4.46. The monoisotopic (exact) mass is 620 g/mol. The van der Waals surface area contributed by atoms with Crippen LogP contribution in [-0.4, -0.2) is 73.0 Å². The molecule has 2 fully saturated rings. The van der Waals surface area contributed by atoms with Crippen LogP contribution < -0.4 is 14.8 Å². The summed E-state index contributed by atoms with van der Waals surface area (Å²) in [6.07, 6.45) is 6.21. The maximum Gasteiger partial charge on any atom is 0.293 e. The van der Waals surface area contributed by atoms with E-state index >= 15 is 0 Å². The van der Waals surface area contributed by atoms with Crippen LogP contribution in [0.4, 0.5) is 11.4 Å². The van der Waals surface area contributed by atoms with Gasteiger partial charge in [-0.05, 0) is 68.1 Å². The van der Waals surface area contributed by atoms with E-state index in [4.69, 9.17) is 9.47 Å². The van der Waals surface area contributed by atoms with Crippen LogP contribution in [0.25, 0.3) is 11.0 Å². The number of aromatic nitrogens is 2. The molecule has 4 heterocycles. The fraction of sp³-hybridized carbons (Fsp3) is 0.333. The summed E-state index contributed by atoms with van der Waals surface area (Å²) in [5, 5.41) is 15.9. The summed E-state index contributed by atoms with van der Waals surface area (Å²) in [5.74, 6) is -0.169. The van der Waals surface area contributed by atoms with Crippen molar-refractivity contribution < 1.29 is 27.6 Å². The lowest BCUT2D eigenvalue weighted by Crippen LogP contribution is -2.38. The lowest BCUT2D eigenvalue weighted by atomic mass is 10.1. The molecule has 2 aliphatic rings. The maximum absolute atomic E-state index is 13.2. The van der Waals surface area contributed by atoms with Crippen LogP contribution in [-0.2, 0) is 14.8 Å². The first-order valence-corrected chi connectivity index (χ1v) is 15.9. The van der Waals surface area contributed by atoms with Crippen molar-refractivity contribution in [1.82, 2.24) is 19.6 Å². The van der Waals surface area contributed by atoms with Crippen molar-refractivity contribution in [3.8, 4) is 11.5 Å². The van der Waals surface area contributed by atoms with Crippen LogP contribution in [0.15, 0.2) is 71.9 Å². The maximum atomic E-state index is 13.2. The highest BCUT2D eigenvalue weighted by Gasteiger charge is 2.30. The number of nitrogens with zero attached hydrogens (tertiary/aromatic N) is 3. The van der Waals surface area contributed by atoms with E-state index in [9.17, 15) is 23.3 Å². The smallest absolute Gasteiger partial charge is 0.293 e. The Bertz CT molecular complexity index is 1790. The highest BCUT2D eigenvalue weighted by molar-refractivity contribution is 7.90. The van der Waals surface area contributed by atoms with E-state index in [1.807, 2.05) is 10.8 Å². The molecule has 13 nitrogen and oxygen atoms in total. The predicted molar refractivity (Wildman–Crippen MR) is 162 cm³/mol. The fourth-order valence-electron chi connectivity index (χ4n) is 5.73. The number of rotatable bonds is 10. The van der Waals surface area contributed by atoms with Gasteiger partial charge in [0.25, 0.3) is 21.6 Å². The number of fused-ring (bicyclic) bond motifs is 1. The van der Waals surface area contributed by atoms with Gasteiger partial charge < -0.3 is 19.8 Å². The summed E-state index contributed by atoms with van der Waals surface area (Å²) >= 11 is 0. The van der Waals surface area contributed by atoms with Crippen molar-refractivity contribution in [2.75, 3.05) is 38.2 Å². The van der Waals surface area contributed by atoms with Gasteiger partial charge in [0.05, 0.1) is 21.6 Å². The molecule has 2 aromatic heterocycles. The Balaban J connectivity index is 1.13. The third kappa shape index (κ3) is 6.51. The van der Waals surface area contributed by atoms with E-state index in [0.29, 0.717) is 29.9 Å². The topological polar surface area (TPSA) is 169 Å². The molecule has 0 bridgehead atoms.